The van der Waals surface area contributed by atoms with E-state index in [1.54, 1.807) is 0 Å². The minimum atomic E-state index is -4.92. The number of anilines is 1. The van der Waals surface area contributed by atoms with Gasteiger partial charge in [0.1, 0.15) is 11.5 Å². The molecule has 0 fully saturated rings. The van der Waals surface area contributed by atoms with Crippen molar-refractivity contribution in [2.45, 2.75) is 6.18 Å². The van der Waals surface area contributed by atoms with Crippen molar-refractivity contribution in [3.63, 3.8) is 0 Å². The molecular weight excluding hydrogens is 220 g/mol. The standard InChI is InChI=1S/C7H4F4N2O2/c8-4-2-6(13(14)15)5(12)1-3(4)7(9,10)11/h1-2H,12H2. The van der Waals surface area contributed by atoms with E-state index in [-0.39, 0.29) is 12.1 Å². The van der Waals surface area contributed by atoms with Crippen LogP contribution in [-0.2, 0) is 6.18 Å². The maximum absolute atomic E-state index is 12.8. The lowest BCUT2D eigenvalue weighted by molar-refractivity contribution is -0.384. The first kappa shape index (κ1) is 11.2. The first-order chi connectivity index (χ1) is 6.73. The fraction of sp³-hybridized carbons (Fsp3) is 0.143. The maximum atomic E-state index is 12.8. The zero-order chi connectivity index (χ0) is 11.8. The van der Waals surface area contributed by atoms with Gasteiger partial charge in [-0.05, 0) is 6.07 Å². The Morgan fingerprint density at radius 3 is 2.27 bits per heavy atom. The first-order valence-corrected chi connectivity index (χ1v) is 3.54. The molecular formula is C7H4F4N2O2. The number of alkyl halides is 3. The first-order valence-electron chi connectivity index (χ1n) is 3.54. The van der Waals surface area contributed by atoms with Crippen LogP contribution in [0.25, 0.3) is 0 Å². The summed E-state index contributed by atoms with van der Waals surface area (Å²) < 4.78 is 49.1. The van der Waals surface area contributed by atoms with E-state index in [2.05, 4.69) is 0 Å². The molecule has 0 aromatic heterocycles. The number of nitrogens with zero attached hydrogens (tertiary/aromatic N) is 1. The van der Waals surface area contributed by atoms with Crippen LogP contribution in [0.4, 0.5) is 28.9 Å². The second-order valence-electron chi connectivity index (χ2n) is 2.65. The van der Waals surface area contributed by atoms with Gasteiger partial charge in [0.2, 0.25) is 0 Å². The van der Waals surface area contributed by atoms with Gasteiger partial charge in [-0.2, -0.15) is 13.2 Å². The van der Waals surface area contributed by atoms with Gasteiger partial charge in [-0.3, -0.25) is 10.1 Å². The Labute approximate surface area is 80.5 Å². The molecule has 0 aliphatic rings. The predicted molar refractivity (Wildman–Crippen MR) is 42.5 cm³/mol. The van der Waals surface area contributed by atoms with Crippen LogP contribution in [0, 0.1) is 15.9 Å². The van der Waals surface area contributed by atoms with Gasteiger partial charge >= 0.3 is 6.18 Å². The van der Waals surface area contributed by atoms with E-state index in [1.807, 2.05) is 0 Å². The summed E-state index contributed by atoms with van der Waals surface area (Å²) in [6, 6.07) is 0.353. The summed E-state index contributed by atoms with van der Waals surface area (Å²) in [4.78, 5) is 9.16. The van der Waals surface area contributed by atoms with Gasteiger partial charge in [-0.25, -0.2) is 4.39 Å². The molecule has 0 saturated carbocycles. The molecule has 82 valence electrons. The van der Waals surface area contributed by atoms with Crippen LogP contribution in [0.2, 0.25) is 0 Å². The average Bonchev–Trinajstić information content (AvgIpc) is 2.06. The van der Waals surface area contributed by atoms with E-state index in [9.17, 15) is 27.7 Å². The highest BCUT2D eigenvalue weighted by atomic mass is 19.4. The molecule has 0 spiro atoms. The predicted octanol–water partition coefficient (Wildman–Crippen LogP) is 2.33. The summed E-state index contributed by atoms with van der Waals surface area (Å²) >= 11 is 0. The summed E-state index contributed by atoms with van der Waals surface area (Å²) in [7, 11) is 0. The molecule has 0 aliphatic carbocycles. The van der Waals surface area contributed by atoms with Gasteiger partial charge < -0.3 is 5.73 Å². The van der Waals surface area contributed by atoms with E-state index in [1.165, 1.54) is 0 Å². The molecule has 0 radical (unpaired) electrons. The summed E-state index contributed by atoms with van der Waals surface area (Å²) in [5.41, 5.74) is 1.74. The fourth-order valence-corrected chi connectivity index (χ4v) is 0.955. The SMILES string of the molecule is Nc1cc(C(F)(F)F)c(F)cc1[N+](=O)[O-]. The zero-order valence-electron chi connectivity index (χ0n) is 7.01. The molecule has 0 heterocycles. The monoisotopic (exact) mass is 224 g/mol. The Morgan fingerprint density at radius 2 is 1.87 bits per heavy atom. The van der Waals surface area contributed by atoms with Crippen LogP contribution in [0.3, 0.4) is 0 Å². The summed E-state index contributed by atoms with van der Waals surface area (Å²) in [5.74, 6) is -1.72. The van der Waals surface area contributed by atoms with Gasteiger partial charge in [0, 0.05) is 0 Å². The molecule has 15 heavy (non-hydrogen) atoms. The number of rotatable bonds is 1. The minimum absolute atomic E-state index is 0.151. The quantitative estimate of drug-likeness (QED) is 0.344. The molecule has 1 rings (SSSR count). The topological polar surface area (TPSA) is 69.2 Å². The summed E-state index contributed by atoms with van der Waals surface area (Å²) in [6.07, 6.45) is -4.92. The van der Waals surface area contributed by atoms with Crippen molar-refractivity contribution in [1.82, 2.24) is 0 Å². The molecule has 8 heteroatoms. The Bertz CT molecular complexity index is 416. The number of halogens is 4. The zero-order valence-corrected chi connectivity index (χ0v) is 7.01. The number of nitro benzene ring substituents is 1. The molecule has 0 saturated heterocycles. The van der Waals surface area contributed by atoms with Gasteiger partial charge in [0.15, 0.2) is 0 Å². The van der Waals surface area contributed by atoms with E-state index < -0.39 is 33.9 Å². The molecule has 1 aromatic rings. The molecule has 2 N–H and O–H groups in total. The molecule has 0 aliphatic heterocycles. The second-order valence-corrected chi connectivity index (χ2v) is 2.65. The highest BCUT2D eigenvalue weighted by molar-refractivity contribution is 5.60. The second kappa shape index (κ2) is 3.37. The van der Waals surface area contributed by atoms with Gasteiger partial charge in [-0.15, -0.1) is 0 Å². The van der Waals surface area contributed by atoms with Crippen LogP contribution in [-0.4, -0.2) is 4.92 Å². The Balaban J connectivity index is 3.39. The number of nitro groups is 1. The number of nitrogens with two attached hydrogens (primary N) is 1. The van der Waals surface area contributed by atoms with Crippen LogP contribution >= 0.6 is 0 Å². The minimum Gasteiger partial charge on any atom is -0.393 e. The van der Waals surface area contributed by atoms with E-state index in [0.717, 1.165) is 0 Å². The number of nitrogen functional groups attached to an aromatic ring is 1. The largest absolute Gasteiger partial charge is 0.419 e. The van der Waals surface area contributed by atoms with E-state index in [4.69, 9.17) is 5.73 Å². The molecule has 0 unspecified atom stereocenters. The van der Waals surface area contributed by atoms with Crippen LogP contribution in [0.15, 0.2) is 12.1 Å². The van der Waals surface area contributed by atoms with Crippen molar-refractivity contribution in [1.29, 1.82) is 0 Å². The smallest absolute Gasteiger partial charge is 0.393 e. The van der Waals surface area contributed by atoms with E-state index >= 15 is 0 Å². The van der Waals surface area contributed by atoms with Crippen LogP contribution in [0.1, 0.15) is 5.56 Å². The van der Waals surface area contributed by atoms with Crippen molar-refractivity contribution in [3.8, 4) is 0 Å². The lowest BCUT2D eigenvalue weighted by Gasteiger charge is -2.08. The highest BCUT2D eigenvalue weighted by Crippen LogP contribution is 2.35. The third kappa shape index (κ3) is 2.14. The molecule has 0 bridgehead atoms. The number of hydrogen-bond acceptors (Lipinski definition) is 3. The summed E-state index contributed by atoms with van der Waals surface area (Å²) in [6.45, 7) is 0. The van der Waals surface area contributed by atoms with Gasteiger partial charge in [0.05, 0.1) is 16.6 Å². The van der Waals surface area contributed by atoms with Crippen LogP contribution < -0.4 is 5.73 Å². The Hall–Kier alpha value is -1.86. The van der Waals surface area contributed by atoms with Crippen molar-refractivity contribution >= 4 is 11.4 Å². The molecule has 0 atom stereocenters. The van der Waals surface area contributed by atoms with Crippen molar-refractivity contribution < 1.29 is 22.5 Å². The maximum Gasteiger partial charge on any atom is 0.419 e. The third-order valence-electron chi connectivity index (χ3n) is 1.62. The Morgan fingerprint density at radius 1 is 1.33 bits per heavy atom. The number of benzene rings is 1. The lowest BCUT2D eigenvalue weighted by atomic mass is 10.1. The van der Waals surface area contributed by atoms with Crippen molar-refractivity contribution in [2.75, 3.05) is 5.73 Å². The van der Waals surface area contributed by atoms with Crippen molar-refractivity contribution in [3.05, 3.63) is 33.6 Å². The van der Waals surface area contributed by atoms with Crippen molar-refractivity contribution in [2.24, 2.45) is 0 Å². The summed E-state index contributed by atoms with van der Waals surface area (Å²) in [5, 5.41) is 10.2. The highest BCUT2D eigenvalue weighted by Gasteiger charge is 2.36. The fourth-order valence-electron chi connectivity index (χ4n) is 0.955. The molecule has 0 amide bonds. The Kier molecular flexibility index (Phi) is 2.52. The lowest BCUT2D eigenvalue weighted by Crippen LogP contribution is -2.10. The molecule has 1 aromatic carbocycles. The number of hydrogen-bond donors (Lipinski definition) is 1. The normalized spacial score (nSPS) is 11.5. The van der Waals surface area contributed by atoms with Crippen LogP contribution in [0.5, 0.6) is 0 Å². The third-order valence-corrected chi connectivity index (χ3v) is 1.62. The van der Waals surface area contributed by atoms with E-state index in [0.29, 0.717) is 0 Å². The van der Waals surface area contributed by atoms with Gasteiger partial charge in [-0.1, -0.05) is 0 Å². The van der Waals surface area contributed by atoms with Gasteiger partial charge in [0.25, 0.3) is 5.69 Å². The molecule has 4 nitrogen and oxygen atoms in total. The average molecular weight is 224 g/mol.